The van der Waals surface area contributed by atoms with Gasteiger partial charge < -0.3 is 10.5 Å². The fraction of sp³-hybridized carbons (Fsp3) is 0.174. The number of primary amides is 1. The molecule has 0 aliphatic rings. The molecule has 1 amide bonds. The van der Waals surface area contributed by atoms with Gasteiger partial charge in [0.2, 0.25) is 5.91 Å². The highest BCUT2D eigenvalue weighted by Gasteiger charge is 2.20. The van der Waals surface area contributed by atoms with Crippen molar-refractivity contribution in [2.24, 2.45) is 5.73 Å². The Hall–Kier alpha value is -3.34. The van der Waals surface area contributed by atoms with Gasteiger partial charge in [0.1, 0.15) is 30.0 Å². The third kappa shape index (κ3) is 9.77. The number of benzene rings is 3. The monoisotopic (exact) mass is 478 g/mol. The Morgan fingerprint density at radius 2 is 1.67 bits per heavy atom. The number of hydrogen-bond acceptors (Lipinski definition) is 5. The van der Waals surface area contributed by atoms with Crippen molar-refractivity contribution in [2.45, 2.75) is 19.2 Å². The Kier molecular flexibility index (Phi) is 9.46. The number of carbonyl (C=O) groups is 1. The highest BCUT2D eigenvalue weighted by Crippen LogP contribution is 2.19. The van der Waals surface area contributed by atoms with Crippen molar-refractivity contribution in [3.05, 3.63) is 101 Å². The van der Waals surface area contributed by atoms with Crippen LogP contribution >= 0.6 is 0 Å². The molecule has 3 rings (SSSR count). The molecular weight excluding hydrogens is 454 g/mol. The molecule has 3 aromatic rings. The van der Waals surface area contributed by atoms with Gasteiger partial charge in [-0.05, 0) is 41.5 Å². The molecule has 3 aromatic carbocycles. The van der Waals surface area contributed by atoms with Gasteiger partial charge in [-0.3, -0.25) is 14.7 Å². The van der Waals surface area contributed by atoms with E-state index in [1.54, 1.807) is 36.4 Å². The number of nitrogens with two attached hydrogens (primary N) is 1. The molecule has 0 aromatic heterocycles. The van der Waals surface area contributed by atoms with Gasteiger partial charge in [-0.25, -0.2) is 8.78 Å². The van der Waals surface area contributed by atoms with Crippen LogP contribution in [0.2, 0.25) is 0 Å². The van der Waals surface area contributed by atoms with Crippen LogP contribution in [0.1, 0.15) is 22.7 Å². The van der Waals surface area contributed by atoms with Gasteiger partial charge in [0, 0.05) is 12.1 Å². The summed E-state index contributed by atoms with van der Waals surface area (Å²) in [7, 11) is -3.67. The van der Waals surface area contributed by atoms with E-state index < -0.39 is 27.9 Å². The summed E-state index contributed by atoms with van der Waals surface area (Å²) in [6, 6.07) is 18.5. The van der Waals surface area contributed by atoms with Crippen LogP contribution in [0, 0.1) is 11.6 Å². The van der Waals surface area contributed by atoms with Crippen LogP contribution < -0.4 is 15.8 Å². The van der Waals surface area contributed by atoms with Gasteiger partial charge >= 0.3 is 0 Å². The Bertz CT molecular complexity index is 1160. The van der Waals surface area contributed by atoms with E-state index in [2.05, 4.69) is 5.32 Å². The number of rotatable bonds is 8. The second-order valence-corrected chi connectivity index (χ2v) is 8.50. The lowest BCUT2D eigenvalue weighted by Gasteiger charge is -2.16. The molecule has 0 saturated heterocycles. The molecule has 176 valence electrons. The number of hydrogen-bond donors (Lipinski definition) is 3. The molecule has 10 heteroatoms. The zero-order valence-electron chi connectivity index (χ0n) is 17.7. The molecule has 0 radical (unpaired) electrons. The van der Waals surface area contributed by atoms with E-state index in [9.17, 15) is 22.0 Å². The third-order valence-corrected chi connectivity index (χ3v) is 4.23. The molecule has 1 atom stereocenters. The molecule has 0 saturated carbocycles. The summed E-state index contributed by atoms with van der Waals surface area (Å²) >= 11 is 0. The van der Waals surface area contributed by atoms with Crippen LogP contribution in [-0.4, -0.2) is 25.1 Å². The van der Waals surface area contributed by atoms with Crippen LogP contribution in [-0.2, 0) is 28.1 Å². The predicted octanol–water partition coefficient (Wildman–Crippen LogP) is 3.36. The minimum absolute atomic E-state index is 0.213. The van der Waals surface area contributed by atoms with Crippen molar-refractivity contribution in [2.75, 3.05) is 6.26 Å². The van der Waals surface area contributed by atoms with Crippen LogP contribution in [0.3, 0.4) is 0 Å². The van der Waals surface area contributed by atoms with Gasteiger partial charge in [-0.1, -0.05) is 42.5 Å². The third-order valence-electron chi connectivity index (χ3n) is 4.23. The van der Waals surface area contributed by atoms with Crippen LogP contribution in [0.25, 0.3) is 0 Å². The quantitative estimate of drug-likeness (QED) is 0.427. The summed E-state index contributed by atoms with van der Waals surface area (Å²) < 4.78 is 58.6. The van der Waals surface area contributed by atoms with Crippen molar-refractivity contribution in [1.29, 1.82) is 0 Å². The first-order valence-corrected chi connectivity index (χ1v) is 11.5. The van der Waals surface area contributed by atoms with Crippen molar-refractivity contribution in [1.82, 2.24) is 5.32 Å². The number of nitrogens with one attached hydrogen (secondary N) is 1. The number of carbonyl (C=O) groups excluding carboxylic acids is 1. The van der Waals surface area contributed by atoms with E-state index in [4.69, 9.17) is 15.0 Å². The van der Waals surface area contributed by atoms with Crippen molar-refractivity contribution in [3.8, 4) is 5.75 Å². The number of ether oxygens (including phenoxy) is 1. The molecule has 0 heterocycles. The molecule has 4 N–H and O–H groups in total. The summed E-state index contributed by atoms with van der Waals surface area (Å²) in [6.45, 7) is 0.582. The lowest BCUT2D eigenvalue weighted by Crippen LogP contribution is -2.33. The van der Waals surface area contributed by atoms with E-state index in [0.29, 0.717) is 18.6 Å². The van der Waals surface area contributed by atoms with Gasteiger partial charge in [-0.2, -0.15) is 8.42 Å². The average molecular weight is 479 g/mol. The minimum atomic E-state index is -3.67. The molecule has 0 spiro atoms. The van der Waals surface area contributed by atoms with E-state index in [1.165, 1.54) is 24.3 Å². The Labute approximate surface area is 191 Å². The summed E-state index contributed by atoms with van der Waals surface area (Å²) in [4.78, 5) is 11.7. The van der Waals surface area contributed by atoms with E-state index in [-0.39, 0.29) is 18.0 Å². The van der Waals surface area contributed by atoms with Crippen molar-refractivity contribution in [3.63, 3.8) is 0 Å². The molecule has 0 bridgehead atoms. The van der Waals surface area contributed by atoms with Crippen molar-refractivity contribution >= 4 is 16.0 Å². The van der Waals surface area contributed by atoms with E-state index in [1.807, 2.05) is 12.1 Å². The maximum atomic E-state index is 13.9. The first-order valence-electron chi connectivity index (χ1n) is 9.68. The zero-order valence-corrected chi connectivity index (χ0v) is 18.6. The predicted molar refractivity (Wildman–Crippen MR) is 120 cm³/mol. The summed E-state index contributed by atoms with van der Waals surface area (Å²) in [6.07, 6.45) is 0.715. The molecule has 0 aliphatic carbocycles. The van der Waals surface area contributed by atoms with E-state index >= 15 is 0 Å². The lowest BCUT2D eigenvalue weighted by atomic mass is 10.1. The van der Waals surface area contributed by atoms with Crippen molar-refractivity contribution < 1.29 is 31.3 Å². The first-order chi connectivity index (χ1) is 15.5. The summed E-state index contributed by atoms with van der Waals surface area (Å²) in [5.74, 6) is -0.810. The van der Waals surface area contributed by atoms with Gasteiger partial charge in [-0.15, -0.1) is 0 Å². The fourth-order valence-corrected chi connectivity index (χ4v) is 2.79. The Morgan fingerprint density at radius 3 is 2.24 bits per heavy atom. The number of halogens is 2. The lowest BCUT2D eigenvalue weighted by molar-refractivity contribution is -0.120. The number of amides is 1. The van der Waals surface area contributed by atoms with E-state index in [0.717, 1.165) is 11.1 Å². The average Bonchev–Trinajstić information content (AvgIpc) is 2.73. The maximum absolute atomic E-state index is 13.9. The normalized spacial score (nSPS) is 11.8. The molecular formula is C23H24F2N2O5S. The highest BCUT2D eigenvalue weighted by atomic mass is 32.2. The smallest absolute Gasteiger partial charge is 0.261 e. The SMILES string of the molecule is CS(=O)(=O)O.NC(=O)C(NCc1ccc(OCc2cccc(F)c2)cc1)c1ccccc1F. The molecule has 1 unspecified atom stereocenters. The minimum Gasteiger partial charge on any atom is -0.489 e. The second kappa shape index (κ2) is 12.0. The highest BCUT2D eigenvalue weighted by molar-refractivity contribution is 7.85. The Balaban J connectivity index is 0.000000696. The Morgan fingerprint density at radius 1 is 1.03 bits per heavy atom. The summed E-state index contributed by atoms with van der Waals surface area (Å²) in [5.41, 5.74) is 7.24. The van der Waals surface area contributed by atoms with Gasteiger partial charge in [0.15, 0.2) is 0 Å². The topological polar surface area (TPSA) is 119 Å². The van der Waals surface area contributed by atoms with Gasteiger partial charge in [0.25, 0.3) is 10.1 Å². The van der Waals surface area contributed by atoms with Gasteiger partial charge in [0.05, 0.1) is 6.26 Å². The molecule has 7 nitrogen and oxygen atoms in total. The fourth-order valence-electron chi connectivity index (χ4n) is 2.79. The molecule has 0 aliphatic heterocycles. The second-order valence-electron chi connectivity index (χ2n) is 7.03. The molecule has 33 heavy (non-hydrogen) atoms. The van der Waals surface area contributed by atoms with Crippen LogP contribution in [0.15, 0.2) is 72.8 Å². The first kappa shape index (κ1) is 25.9. The van der Waals surface area contributed by atoms with Crippen LogP contribution in [0.5, 0.6) is 5.75 Å². The zero-order chi connectivity index (χ0) is 24.4. The summed E-state index contributed by atoms with van der Waals surface area (Å²) in [5, 5.41) is 2.98. The molecule has 0 fully saturated rings. The standard InChI is InChI=1S/C22H20F2N2O2.CH4O3S/c23-17-5-3-4-16(12-17)14-28-18-10-8-15(9-11-18)13-26-21(22(25)27)19-6-1-2-7-20(19)24;1-5(2,3)4/h1-12,21,26H,13-14H2,(H2,25,27);1H3,(H,2,3,4). The maximum Gasteiger partial charge on any atom is 0.261 e. The largest absolute Gasteiger partial charge is 0.489 e. The van der Waals surface area contributed by atoms with Crippen LogP contribution in [0.4, 0.5) is 8.78 Å².